The summed E-state index contributed by atoms with van der Waals surface area (Å²) in [5.41, 5.74) is 1.25. The average molecular weight is 514 g/mol. The number of methoxy groups -OCH3 is 1. The van der Waals surface area contributed by atoms with E-state index in [1.807, 2.05) is 0 Å². The van der Waals surface area contributed by atoms with Crippen LogP contribution >= 0.6 is 27.3 Å². The minimum absolute atomic E-state index is 0.0732. The summed E-state index contributed by atoms with van der Waals surface area (Å²) in [6, 6.07) is 9.19. The zero-order valence-corrected chi connectivity index (χ0v) is 19.3. The van der Waals surface area contributed by atoms with Crippen molar-refractivity contribution in [1.29, 1.82) is 0 Å². The summed E-state index contributed by atoms with van der Waals surface area (Å²) in [7, 11) is 1.25. The number of Topliss-reactive ketones (excluding diaryl/α,β-unsaturated/α-hetero) is 1. The number of nitrogens with zero attached hydrogens (tertiary/aromatic N) is 3. The second kappa shape index (κ2) is 8.64. The number of aliphatic hydroxyl groups excluding tert-OH is 1. The van der Waals surface area contributed by atoms with Gasteiger partial charge in [0.25, 0.3) is 5.78 Å². The summed E-state index contributed by atoms with van der Waals surface area (Å²) in [6.45, 7) is 1.62. The molecule has 0 saturated carbocycles. The summed E-state index contributed by atoms with van der Waals surface area (Å²) in [6.07, 6.45) is 2.96. The van der Waals surface area contributed by atoms with Gasteiger partial charge in [0.05, 0.1) is 24.4 Å². The molecule has 1 unspecified atom stereocenters. The van der Waals surface area contributed by atoms with Crippen molar-refractivity contribution in [1.82, 2.24) is 9.97 Å². The van der Waals surface area contributed by atoms with E-state index in [1.165, 1.54) is 24.4 Å². The molecule has 1 N–H and O–H groups in total. The maximum absolute atomic E-state index is 13.1. The lowest BCUT2D eigenvalue weighted by Crippen LogP contribution is -2.29. The van der Waals surface area contributed by atoms with Crippen LogP contribution in [0, 0.1) is 6.92 Å². The van der Waals surface area contributed by atoms with Gasteiger partial charge in [0.15, 0.2) is 5.13 Å². The number of pyridine rings is 1. The number of ketones is 1. The van der Waals surface area contributed by atoms with Gasteiger partial charge in [0, 0.05) is 22.4 Å². The summed E-state index contributed by atoms with van der Waals surface area (Å²) >= 11 is 4.33. The first-order valence-corrected chi connectivity index (χ1v) is 11.0. The predicted octanol–water partition coefficient (Wildman–Crippen LogP) is 4.02. The first-order valence-electron chi connectivity index (χ1n) is 9.36. The third-order valence-electron chi connectivity index (χ3n) is 4.95. The number of carbonyl (C=O) groups excluding carboxylic acids is 3. The molecule has 1 aromatic carbocycles. The molecule has 1 saturated heterocycles. The molecule has 1 aliphatic rings. The number of anilines is 1. The molecular weight excluding hydrogens is 498 g/mol. The van der Waals surface area contributed by atoms with Crippen LogP contribution in [0.2, 0.25) is 0 Å². The molecule has 10 heteroatoms. The Kier molecular flexibility index (Phi) is 5.90. The molecule has 4 rings (SSSR count). The lowest BCUT2D eigenvalue weighted by molar-refractivity contribution is -0.132. The van der Waals surface area contributed by atoms with Crippen molar-refractivity contribution in [3.63, 3.8) is 0 Å². The maximum atomic E-state index is 13.1. The number of hydrogen-bond acceptors (Lipinski definition) is 8. The lowest BCUT2D eigenvalue weighted by Gasteiger charge is -2.23. The van der Waals surface area contributed by atoms with Crippen LogP contribution in [0.5, 0.6) is 0 Å². The van der Waals surface area contributed by atoms with Gasteiger partial charge in [0.2, 0.25) is 0 Å². The van der Waals surface area contributed by atoms with Crippen LogP contribution in [-0.2, 0) is 14.3 Å². The molecular formula is C22H16BrN3O5S. The van der Waals surface area contributed by atoms with Crippen molar-refractivity contribution < 1.29 is 24.2 Å². The number of amides is 1. The Morgan fingerprint density at radius 3 is 2.44 bits per heavy atom. The van der Waals surface area contributed by atoms with E-state index in [0.29, 0.717) is 16.8 Å². The Hall–Kier alpha value is -3.37. The predicted molar refractivity (Wildman–Crippen MR) is 121 cm³/mol. The van der Waals surface area contributed by atoms with Crippen LogP contribution in [0.15, 0.2) is 58.8 Å². The van der Waals surface area contributed by atoms with Gasteiger partial charge >= 0.3 is 11.9 Å². The number of aliphatic hydroxyl groups is 1. The minimum atomic E-state index is -0.938. The Morgan fingerprint density at radius 2 is 1.81 bits per heavy atom. The highest BCUT2D eigenvalue weighted by Gasteiger charge is 2.48. The highest BCUT2D eigenvalue weighted by Crippen LogP contribution is 2.44. The fraction of sp³-hybridized carbons (Fsp3) is 0.136. The van der Waals surface area contributed by atoms with E-state index < -0.39 is 23.7 Å². The SMILES string of the molecule is COC(=O)c1sc(N2C(=O)C(=O)C(=C(O)c3ccncc3)C2c2ccc(Br)cc2)nc1C. The van der Waals surface area contributed by atoms with E-state index in [9.17, 15) is 19.5 Å². The molecule has 0 spiro atoms. The highest BCUT2D eigenvalue weighted by molar-refractivity contribution is 9.10. The summed E-state index contributed by atoms with van der Waals surface area (Å²) in [4.78, 5) is 48.0. The van der Waals surface area contributed by atoms with E-state index in [-0.39, 0.29) is 21.3 Å². The fourth-order valence-electron chi connectivity index (χ4n) is 3.42. The number of benzene rings is 1. The number of aryl methyl sites for hydroxylation is 1. The molecule has 3 aromatic rings. The van der Waals surface area contributed by atoms with Crippen molar-refractivity contribution in [2.45, 2.75) is 13.0 Å². The zero-order valence-electron chi connectivity index (χ0n) is 16.9. The van der Waals surface area contributed by atoms with Crippen LogP contribution in [-0.4, -0.2) is 39.8 Å². The number of carbonyl (C=O) groups is 3. The molecule has 2 aromatic heterocycles. The number of halogens is 1. The van der Waals surface area contributed by atoms with E-state index in [4.69, 9.17) is 4.74 Å². The van der Waals surface area contributed by atoms with Crippen LogP contribution in [0.4, 0.5) is 5.13 Å². The minimum Gasteiger partial charge on any atom is -0.507 e. The van der Waals surface area contributed by atoms with Crippen molar-refractivity contribution in [3.05, 3.63) is 80.5 Å². The van der Waals surface area contributed by atoms with Crippen molar-refractivity contribution in [3.8, 4) is 0 Å². The number of aromatic nitrogens is 2. The number of ether oxygens (including phenoxy) is 1. The second-order valence-electron chi connectivity index (χ2n) is 6.86. The molecule has 1 amide bonds. The molecule has 1 fully saturated rings. The van der Waals surface area contributed by atoms with E-state index in [2.05, 4.69) is 25.9 Å². The smallest absolute Gasteiger partial charge is 0.350 e. The molecule has 1 atom stereocenters. The van der Waals surface area contributed by atoms with Crippen molar-refractivity contribution in [2.75, 3.05) is 12.0 Å². The zero-order chi connectivity index (χ0) is 23.0. The highest BCUT2D eigenvalue weighted by atomic mass is 79.9. The second-order valence-corrected chi connectivity index (χ2v) is 8.75. The van der Waals surface area contributed by atoms with E-state index in [0.717, 1.165) is 15.8 Å². The van der Waals surface area contributed by atoms with Gasteiger partial charge in [-0.25, -0.2) is 9.78 Å². The molecule has 162 valence electrons. The standard InChI is InChI=1S/C22H16BrN3O5S/c1-11-19(21(30)31-2)32-22(25-11)26-16(12-3-5-14(23)6-4-12)15(18(28)20(26)29)17(27)13-7-9-24-10-8-13/h3-10,16,27H,1-2H3. The van der Waals surface area contributed by atoms with Gasteiger partial charge in [0.1, 0.15) is 10.6 Å². The number of hydrogen-bond donors (Lipinski definition) is 1. The number of thiazole rings is 1. The van der Waals surface area contributed by atoms with Gasteiger partial charge in [-0.1, -0.05) is 39.4 Å². The molecule has 32 heavy (non-hydrogen) atoms. The molecule has 8 nitrogen and oxygen atoms in total. The third kappa shape index (κ3) is 3.71. The fourth-order valence-corrected chi connectivity index (χ4v) is 4.70. The largest absolute Gasteiger partial charge is 0.507 e. The van der Waals surface area contributed by atoms with Crippen LogP contribution in [0.1, 0.15) is 32.5 Å². The molecule has 0 bridgehead atoms. The Balaban J connectivity index is 1.93. The van der Waals surface area contributed by atoms with Crippen LogP contribution in [0.25, 0.3) is 5.76 Å². The summed E-state index contributed by atoms with van der Waals surface area (Å²) < 4.78 is 5.59. The molecule has 0 aliphatic carbocycles. The molecule has 0 radical (unpaired) electrons. The maximum Gasteiger partial charge on any atom is 0.350 e. The quantitative estimate of drug-likeness (QED) is 0.242. The first-order chi connectivity index (χ1) is 15.3. The van der Waals surface area contributed by atoms with Gasteiger partial charge in [-0.3, -0.25) is 19.5 Å². The molecule has 1 aliphatic heterocycles. The van der Waals surface area contributed by atoms with Gasteiger partial charge < -0.3 is 9.84 Å². The Morgan fingerprint density at radius 1 is 1.16 bits per heavy atom. The third-order valence-corrected chi connectivity index (χ3v) is 6.61. The summed E-state index contributed by atoms with van der Waals surface area (Å²) in [5, 5.41) is 11.2. The first kappa shape index (κ1) is 21.8. The van der Waals surface area contributed by atoms with Crippen molar-refractivity contribution >= 4 is 55.8 Å². The average Bonchev–Trinajstić information content (AvgIpc) is 3.31. The number of esters is 1. The van der Waals surface area contributed by atoms with Gasteiger partial charge in [-0.2, -0.15) is 0 Å². The summed E-state index contributed by atoms with van der Waals surface area (Å²) in [5.74, 6) is -2.60. The monoisotopic (exact) mass is 513 g/mol. The van der Waals surface area contributed by atoms with Crippen LogP contribution < -0.4 is 4.90 Å². The van der Waals surface area contributed by atoms with E-state index >= 15 is 0 Å². The van der Waals surface area contributed by atoms with Crippen molar-refractivity contribution in [2.24, 2.45) is 0 Å². The Labute approximate surface area is 195 Å². The van der Waals surface area contributed by atoms with Gasteiger partial charge in [-0.15, -0.1) is 0 Å². The van der Waals surface area contributed by atoms with Crippen LogP contribution in [0.3, 0.4) is 0 Å². The lowest BCUT2D eigenvalue weighted by atomic mass is 9.96. The molecule has 3 heterocycles. The number of rotatable bonds is 4. The normalized spacial score (nSPS) is 17.6. The topological polar surface area (TPSA) is 110 Å². The Bertz CT molecular complexity index is 1250. The van der Waals surface area contributed by atoms with E-state index in [1.54, 1.807) is 43.3 Å². The van der Waals surface area contributed by atoms with Gasteiger partial charge in [-0.05, 0) is 36.8 Å².